The van der Waals surface area contributed by atoms with Gasteiger partial charge in [0.1, 0.15) is 0 Å². The highest BCUT2D eigenvalue weighted by Crippen LogP contribution is 2.15. The fourth-order valence-electron chi connectivity index (χ4n) is 1.65. The average Bonchev–Trinajstić information content (AvgIpc) is 2.59. The van der Waals surface area contributed by atoms with Gasteiger partial charge in [-0.05, 0) is 38.1 Å². The van der Waals surface area contributed by atoms with Gasteiger partial charge in [0.2, 0.25) is 0 Å². The number of hydrogen-bond acceptors (Lipinski definition) is 9. The number of aryl methyl sites for hydroxylation is 2. The molecule has 0 saturated carbocycles. The predicted octanol–water partition coefficient (Wildman–Crippen LogP) is 1.69. The molecule has 12 heteroatoms. The largest absolute Gasteiger partial charge is 0.837 e. The van der Waals surface area contributed by atoms with Crippen molar-refractivity contribution in [3.63, 3.8) is 0 Å². The molecule has 0 aromatic heterocycles. The molecule has 0 heterocycles. The highest BCUT2D eigenvalue weighted by molar-refractivity contribution is 7.87. The SMILES string of the molecule is Cc1ccc(S(=O)(=O)OO[Si](=O)OOS(=O)(=O)c2ccc(C)cc2)cc1. The molecule has 0 aliphatic heterocycles. The molecule has 0 spiro atoms. The van der Waals surface area contributed by atoms with Crippen molar-refractivity contribution in [2.45, 2.75) is 23.6 Å². The van der Waals surface area contributed by atoms with E-state index >= 15 is 0 Å². The van der Waals surface area contributed by atoms with Crippen LogP contribution in [0.4, 0.5) is 0 Å². The van der Waals surface area contributed by atoms with Crippen molar-refractivity contribution in [3.8, 4) is 0 Å². The fourth-order valence-corrected chi connectivity index (χ4v) is 3.93. The molecule has 2 aromatic rings. The van der Waals surface area contributed by atoms with E-state index in [1.54, 1.807) is 13.8 Å². The first-order valence-corrected chi connectivity index (χ1v) is 11.0. The molecule has 0 radical (unpaired) electrons. The van der Waals surface area contributed by atoms with Gasteiger partial charge >= 0.3 is 29.4 Å². The van der Waals surface area contributed by atoms with Gasteiger partial charge in [-0.1, -0.05) is 44.1 Å². The lowest BCUT2D eigenvalue weighted by molar-refractivity contribution is -0.188. The quantitative estimate of drug-likeness (QED) is 0.358. The predicted molar refractivity (Wildman–Crippen MR) is 87.5 cm³/mol. The standard InChI is InChI=1S/C14H14O9S2Si/c1-11-3-7-13(8-4-11)24(15,16)20-22-26(19)23-21-25(17,18)14-9-5-12(2)6-10-14/h3-10H,1-2H3. The van der Waals surface area contributed by atoms with Gasteiger partial charge in [-0.15, -0.1) is 0 Å². The van der Waals surface area contributed by atoms with E-state index in [9.17, 15) is 21.3 Å². The van der Waals surface area contributed by atoms with E-state index in [2.05, 4.69) is 17.8 Å². The van der Waals surface area contributed by atoms with Gasteiger partial charge < -0.3 is 9.15 Å². The Morgan fingerprint density at radius 1 is 0.654 bits per heavy atom. The van der Waals surface area contributed by atoms with Crippen molar-refractivity contribution in [2.75, 3.05) is 0 Å². The number of rotatable bonds is 8. The Kier molecular flexibility index (Phi) is 6.25. The van der Waals surface area contributed by atoms with E-state index in [1.165, 1.54) is 48.5 Å². The average molecular weight is 418 g/mol. The summed E-state index contributed by atoms with van der Waals surface area (Å²) in [5.41, 5.74) is 1.63. The van der Waals surface area contributed by atoms with Gasteiger partial charge in [-0.25, -0.2) is 0 Å². The van der Waals surface area contributed by atoms with E-state index in [0.717, 1.165) is 11.1 Å². The van der Waals surface area contributed by atoms with Gasteiger partial charge in [-0.3, -0.25) is 4.46 Å². The molecule has 0 aliphatic carbocycles. The second kappa shape index (κ2) is 8.05. The molecular formula is C14H14O9S2Si. The van der Waals surface area contributed by atoms with Gasteiger partial charge in [0.05, 0.1) is 9.79 Å². The Balaban J connectivity index is 1.92. The summed E-state index contributed by atoms with van der Waals surface area (Å²) in [4.78, 5) is -0.489. The highest BCUT2D eigenvalue weighted by atomic mass is 32.2. The Hall–Kier alpha value is -2.12. The molecule has 2 rings (SSSR count). The molecule has 0 unspecified atom stereocenters. The van der Waals surface area contributed by atoms with Crippen molar-refractivity contribution in [2.24, 2.45) is 0 Å². The third kappa shape index (κ3) is 5.44. The first kappa shape index (κ1) is 20.2. The molecule has 0 atom stereocenters. The Labute approximate surface area is 152 Å². The summed E-state index contributed by atoms with van der Waals surface area (Å²) in [5, 5.41) is 0. The highest BCUT2D eigenvalue weighted by Gasteiger charge is 2.26. The van der Waals surface area contributed by atoms with Crippen LogP contribution in [0.3, 0.4) is 0 Å². The molecule has 0 fully saturated rings. The van der Waals surface area contributed by atoms with Crippen molar-refractivity contribution in [1.29, 1.82) is 0 Å². The van der Waals surface area contributed by atoms with Gasteiger partial charge in [-0.2, -0.15) is 16.8 Å². The first-order valence-electron chi connectivity index (χ1n) is 7.00. The van der Waals surface area contributed by atoms with E-state index < -0.39 is 29.4 Å². The van der Waals surface area contributed by atoms with Crippen LogP contribution in [0.15, 0.2) is 58.3 Å². The first-order chi connectivity index (χ1) is 12.1. The molecule has 0 amide bonds. The molecular weight excluding hydrogens is 404 g/mol. The van der Waals surface area contributed by atoms with Crippen molar-refractivity contribution < 1.29 is 39.1 Å². The fraction of sp³-hybridized carbons (Fsp3) is 0.143. The summed E-state index contributed by atoms with van der Waals surface area (Å²) in [5.74, 6) is 0. The summed E-state index contributed by atoms with van der Waals surface area (Å²) < 4.78 is 75.1. The Morgan fingerprint density at radius 3 is 1.27 bits per heavy atom. The van der Waals surface area contributed by atoms with Crippen LogP contribution in [-0.4, -0.2) is 26.0 Å². The summed E-state index contributed by atoms with van der Waals surface area (Å²) in [7, 11) is -12.5. The smallest absolute Gasteiger partial charge is 0.310 e. The van der Waals surface area contributed by atoms with E-state index in [-0.39, 0.29) is 9.79 Å². The number of benzene rings is 2. The Bertz CT molecular complexity index is 900. The molecule has 0 N–H and O–H groups in total. The molecule has 0 bridgehead atoms. The maximum Gasteiger partial charge on any atom is 0.837 e. The topological polar surface area (TPSA) is 122 Å². The molecule has 140 valence electrons. The third-order valence-corrected chi connectivity index (χ3v) is 5.88. The molecule has 26 heavy (non-hydrogen) atoms. The minimum absolute atomic E-state index is 0.244. The van der Waals surface area contributed by atoms with E-state index in [0.29, 0.717) is 0 Å². The molecule has 0 saturated heterocycles. The zero-order valence-electron chi connectivity index (χ0n) is 13.6. The monoisotopic (exact) mass is 418 g/mol. The minimum atomic E-state index is -4.36. The van der Waals surface area contributed by atoms with Gasteiger partial charge in [0.25, 0.3) is 0 Å². The number of hydrogen-bond donors (Lipinski definition) is 0. The van der Waals surface area contributed by atoms with Crippen molar-refractivity contribution in [3.05, 3.63) is 59.7 Å². The normalized spacial score (nSPS) is 11.8. The lowest BCUT2D eigenvalue weighted by atomic mass is 10.2. The second-order valence-electron chi connectivity index (χ2n) is 5.09. The van der Waals surface area contributed by atoms with Crippen molar-refractivity contribution in [1.82, 2.24) is 0 Å². The van der Waals surface area contributed by atoms with Crippen molar-refractivity contribution >= 4 is 29.4 Å². The lowest BCUT2D eigenvalue weighted by Crippen LogP contribution is -2.19. The summed E-state index contributed by atoms with van der Waals surface area (Å²) >= 11 is 0. The van der Waals surface area contributed by atoms with E-state index in [4.69, 9.17) is 0 Å². The van der Waals surface area contributed by atoms with Crippen LogP contribution in [0.25, 0.3) is 0 Å². The summed E-state index contributed by atoms with van der Waals surface area (Å²) in [6.07, 6.45) is 0. The van der Waals surface area contributed by atoms with Crippen LogP contribution in [0.2, 0.25) is 0 Å². The summed E-state index contributed by atoms with van der Waals surface area (Å²) in [6.45, 7) is 3.51. The zero-order valence-corrected chi connectivity index (χ0v) is 16.2. The zero-order chi connectivity index (χ0) is 19.4. The van der Waals surface area contributed by atoms with Gasteiger partial charge in [0, 0.05) is 0 Å². The minimum Gasteiger partial charge on any atom is -0.310 e. The van der Waals surface area contributed by atoms with Crippen LogP contribution in [0, 0.1) is 13.8 Å². The lowest BCUT2D eigenvalue weighted by Gasteiger charge is -2.05. The molecule has 2 aromatic carbocycles. The third-order valence-electron chi connectivity index (χ3n) is 3.00. The molecule has 0 aliphatic rings. The van der Waals surface area contributed by atoms with Crippen LogP contribution in [0.5, 0.6) is 0 Å². The van der Waals surface area contributed by atoms with Crippen LogP contribution in [0.1, 0.15) is 11.1 Å². The van der Waals surface area contributed by atoms with Gasteiger partial charge in [0.15, 0.2) is 0 Å². The molecule has 9 nitrogen and oxygen atoms in total. The second-order valence-corrected chi connectivity index (χ2v) is 8.95. The maximum absolute atomic E-state index is 11.8. The van der Waals surface area contributed by atoms with Crippen LogP contribution < -0.4 is 0 Å². The maximum atomic E-state index is 11.8. The van der Waals surface area contributed by atoms with E-state index in [1.807, 2.05) is 0 Å². The van der Waals surface area contributed by atoms with Crippen LogP contribution >= 0.6 is 0 Å². The Morgan fingerprint density at radius 2 is 0.962 bits per heavy atom. The van der Waals surface area contributed by atoms with Crippen LogP contribution in [-0.2, 0) is 42.5 Å². The summed E-state index contributed by atoms with van der Waals surface area (Å²) in [6, 6.07) is 11.1.